The van der Waals surface area contributed by atoms with E-state index < -0.39 is 0 Å². The van der Waals surface area contributed by atoms with Gasteiger partial charge >= 0.3 is 0 Å². The average molecular weight is 214 g/mol. The molecule has 0 amide bonds. The Bertz CT molecular complexity index is 237. The molecular formula is C10H14OS2. The summed E-state index contributed by atoms with van der Waals surface area (Å²) >= 11 is 6.75. The van der Waals surface area contributed by atoms with Gasteiger partial charge in [-0.1, -0.05) is 30.8 Å². The third-order valence-electron chi connectivity index (χ3n) is 2.73. The van der Waals surface area contributed by atoms with Crippen molar-refractivity contribution < 1.29 is 4.74 Å². The van der Waals surface area contributed by atoms with Crippen molar-refractivity contribution in [1.82, 2.24) is 0 Å². The fourth-order valence-corrected chi connectivity index (χ4v) is 3.05. The van der Waals surface area contributed by atoms with Gasteiger partial charge in [0, 0.05) is 5.92 Å². The van der Waals surface area contributed by atoms with E-state index in [2.05, 4.69) is 19.1 Å². The Kier molecular flexibility index (Phi) is 2.94. The van der Waals surface area contributed by atoms with Crippen molar-refractivity contribution >= 4 is 28.4 Å². The lowest BCUT2D eigenvalue weighted by Gasteiger charge is -2.19. The fourth-order valence-electron chi connectivity index (χ4n) is 2.14. The third-order valence-corrected chi connectivity index (χ3v) is 3.80. The summed E-state index contributed by atoms with van der Waals surface area (Å²) in [6.07, 6.45) is 7.44. The van der Waals surface area contributed by atoms with Crippen LogP contribution in [0.3, 0.4) is 0 Å². The van der Waals surface area contributed by atoms with Gasteiger partial charge in [-0.3, -0.25) is 0 Å². The topological polar surface area (TPSA) is 9.23 Å². The molecule has 0 aliphatic heterocycles. The van der Waals surface area contributed by atoms with Crippen LogP contribution in [-0.2, 0) is 4.74 Å². The number of thioether (sulfide) groups is 1. The minimum Gasteiger partial charge on any atom is -0.475 e. The van der Waals surface area contributed by atoms with Gasteiger partial charge in [0.25, 0.3) is 0 Å². The number of thiocarbonyl (C=S) groups is 1. The first-order chi connectivity index (χ1) is 6.29. The second kappa shape index (κ2) is 4.01. The summed E-state index contributed by atoms with van der Waals surface area (Å²) < 4.78 is 6.46. The molecule has 0 heterocycles. The van der Waals surface area contributed by atoms with Crippen molar-refractivity contribution in [2.45, 2.75) is 25.9 Å². The molecule has 3 atom stereocenters. The summed E-state index contributed by atoms with van der Waals surface area (Å²) in [5.74, 6) is 2.42. The molecule has 13 heavy (non-hydrogen) atoms. The maximum absolute atomic E-state index is 5.73. The van der Waals surface area contributed by atoms with Crippen LogP contribution in [0.4, 0.5) is 0 Å². The molecule has 2 aliphatic carbocycles. The molecule has 0 N–H and O–H groups in total. The molecule has 2 rings (SSSR count). The zero-order chi connectivity index (χ0) is 9.26. The highest BCUT2D eigenvalue weighted by Gasteiger charge is 2.37. The van der Waals surface area contributed by atoms with E-state index in [1.54, 1.807) is 11.8 Å². The van der Waals surface area contributed by atoms with Crippen LogP contribution in [0, 0.1) is 11.8 Å². The summed E-state index contributed by atoms with van der Waals surface area (Å²) in [4.78, 5) is 0. The summed E-state index contributed by atoms with van der Waals surface area (Å²) in [5.41, 5.74) is 0. The Morgan fingerprint density at radius 1 is 1.54 bits per heavy atom. The largest absolute Gasteiger partial charge is 0.475 e. The first-order valence-electron chi connectivity index (χ1n) is 4.81. The number of hydrogen-bond acceptors (Lipinski definition) is 3. The fraction of sp³-hybridized carbons (Fsp3) is 0.700. The molecule has 0 unspecified atom stereocenters. The highest BCUT2D eigenvalue weighted by molar-refractivity contribution is 8.22. The molecular weight excluding hydrogens is 200 g/mol. The normalized spacial score (nSPS) is 35.3. The second-order valence-electron chi connectivity index (χ2n) is 3.62. The van der Waals surface area contributed by atoms with Crippen molar-refractivity contribution in [3.8, 4) is 0 Å². The molecule has 0 saturated heterocycles. The van der Waals surface area contributed by atoms with Crippen LogP contribution in [0.5, 0.6) is 0 Å². The van der Waals surface area contributed by atoms with E-state index in [4.69, 9.17) is 17.0 Å². The van der Waals surface area contributed by atoms with Gasteiger partial charge in [0.15, 0.2) is 0 Å². The number of hydrogen-bond donors (Lipinski definition) is 0. The Morgan fingerprint density at radius 2 is 2.38 bits per heavy atom. The number of rotatable bonds is 2. The summed E-state index contributed by atoms with van der Waals surface area (Å²) in [7, 11) is 0. The molecule has 1 nitrogen and oxygen atoms in total. The van der Waals surface area contributed by atoms with E-state index >= 15 is 0 Å². The van der Waals surface area contributed by atoms with Crippen molar-refractivity contribution in [2.75, 3.05) is 5.75 Å². The van der Waals surface area contributed by atoms with Gasteiger partial charge in [0.2, 0.25) is 4.38 Å². The predicted octanol–water partition coefficient (Wildman–Crippen LogP) is 3.01. The quantitative estimate of drug-likeness (QED) is 0.516. The van der Waals surface area contributed by atoms with Gasteiger partial charge in [-0.2, -0.15) is 0 Å². The number of fused-ring (bicyclic) bond motifs is 2. The van der Waals surface area contributed by atoms with Crippen LogP contribution in [0.15, 0.2) is 12.2 Å². The molecule has 0 aromatic heterocycles. The molecule has 0 aromatic carbocycles. The lowest BCUT2D eigenvalue weighted by molar-refractivity contribution is 0.173. The SMILES string of the molecule is CCSC(=S)O[C@@H]1C[C@@H]2C=C[C@H]1C2. The van der Waals surface area contributed by atoms with E-state index in [9.17, 15) is 0 Å². The Morgan fingerprint density at radius 3 is 2.92 bits per heavy atom. The van der Waals surface area contributed by atoms with Crippen LogP contribution in [-0.4, -0.2) is 16.2 Å². The van der Waals surface area contributed by atoms with Crippen LogP contribution in [0.25, 0.3) is 0 Å². The zero-order valence-electron chi connectivity index (χ0n) is 7.73. The first kappa shape index (κ1) is 9.53. The molecule has 1 fully saturated rings. The van der Waals surface area contributed by atoms with Crippen molar-refractivity contribution in [3.05, 3.63) is 12.2 Å². The zero-order valence-corrected chi connectivity index (χ0v) is 9.37. The lowest BCUT2D eigenvalue weighted by Crippen LogP contribution is -2.19. The van der Waals surface area contributed by atoms with Crippen LogP contribution in [0.1, 0.15) is 19.8 Å². The summed E-state index contributed by atoms with van der Waals surface area (Å²) in [5, 5.41) is 0. The van der Waals surface area contributed by atoms with E-state index in [0.29, 0.717) is 12.0 Å². The second-order valence-corrected chi connectivity index (χ2v) is 5.49. The van der Waals surface area contributed by atoms with Crippen molar-refractivity contribution in [3.63, 3.8) is 0 Å². The lowest BCUT2D eigenvalue weighted by atomic mass is 10.1. The molecule has 3 heteroatoms. The average Bonchev–Trinajstić information content (AvgIpc) is 2.65. The number of ether oxygens (including phenoxy) is 1. The van der Waals surface area contributed by atoms with E-state index in [1.165, 1.54) is 12.8 Å². The third kappa shape index (κ3) is 2.08. The van der Waals surface area contributed by atoms with Crippen LogP contribution >= 0.6 is 24.0 Å². The Hall–Kier alpha value is -0.0200. The molecule has 72 valence electrons. The minimum absolute atomic E-state index is 0.376. The Balaban J connectivity index is 1.83. The maximum atomic E-state index is 5.73. The Labute approximate surface area is 88.9 Å². The van der Waals surface area contributed by atoms with E-state index in [0.717, 1.165) is 16.1 Å². The van der Waals surface area contributed by atoms with Gasteiger partial charge < -0.3 is 4.74 Å². The predicted molar refractivity (Wildman–Crippen MR) is 61.0 cm³/mol. The summed E-state index contributed by atoms with van der Waals surface area (Å²) in [6, 6.07) is 0. The van der Waals surface area contributed by atoms with Crippen molar-refractivity contribution in [2.24, 2.45) is 11.8 Å². The van der Waals surface area contributed by atoms with Crippen LogP contribution < -0.4 is 0 Å². The number of allylic oxidation sites excluding steroid dienone is 1. The standard InChI is InChI=1S/C10H14OS2/c1-2-13-10(12)11-9-6-7-3-4-8(9)5-7/h3-4,7-9H,2,5-6H2,1H3/t7-,8+,9-/m1/s1. The molecule has 0 spiro atoms. The molecule has 1 saturated carbocycles. The highest BCUT2D eigenvalue weighted by atomic mass is 32.2. The van der Waals surface area contributed by atoms with Crippen molar-refractivity contribution in [1.29, 1.82) is 0 Å². The molecule has 0 aromatic rings. The molecule has 2 bridgehead atoms. The monoisotopic (exact) mass is 214 g/mol. The van der Waals surface area contributed by atoms with Gasteiger partial charge in [0.05, 0.1) is 0 Å². The highest BCUT2D eigenvalue weighted by Crippen LogP contribution is 2.41. The van der Waals surface area contributed by atoms with Gasteiger partial charge in [-0.25, -0.2) is 0 Å². The molecule has 0 radical (unpaired) electrons. The van der Waals surface area contributed by atoms with E-state index in [-0.39, 0.29) is 0 Å². The smallest absolute Gasteiger partial charge is 0.220 e. The maximum Gasteiger partial charge on any atom is 0.220 e. The first-order valence-corrected chi connectivity index (χ1v) is 6.20. The van der Waals surface area contributed by atoms with E-state index in [1.807, 2.05) is 0 Å². The minimum atomic E-state index is 0.376. The van der Waals surface area contributed by atoms with Gasteiger partial charge in [0.1, 0.15) is 6.10 Å². The molecule has 2 aliphatic rings. The van der Waals surface area contributed by atoms with Gasteiger partial charge in [-0.15, -0.1) is 0 Å². The van der Waals surface area contributed by atoms with Crippen LogP contribution in [0.2, 0.25) is 0 Å². The summed E-state index contributed by atoms with van der Waals surface area (Å²) in [6.45, 7) is 2.10. The van der Waals surface area contributed by atoms with Gasteiger partial charge in [-0.05, 0) is 36.7 Å².